The second-order valence-corrected chi connectivity index (χ2v) is 5.59. The Bertz CT molecular complexity index is 643. The van der Waals surface area contributed by atoms with E-state index >= 15 is 0 Å². The van der Waals surface area contributed by atoms with Crippen molar-refractivity contribution in [2.24, 2.45) is 0 Å². The van der Waals surface area contributed by atoms with Gasteiger partial charge in [0, 0.05) is 12.8 Å². The highest BCUT2D eigenvalue weighted by Crippen LogP contribution is 2.24. The number of benzene rings is 1. The van der Waals surface area contributed by atoms with E-state index in [0.717, 1.165) is 5.52 Å². The van der Waals surface area contributed by atoms with Gasteiger partial charge in [-0.05, 0) is 19.1 Å². The van der Waals surface area contributed by atoms with Crippen LogP contribution >= 0.6 is 0 Å². The highest BCUT2D eigenvalue weighted by atomic mass is 32.2. The number of imidazole rings is 1. The van der Waals surface area contributed by atoms with Gasteiger partial charge in [-0.1, -0.05) is 6.07 Å². The Balaban J connectivity index is 2.91. The van der Waals surface area contributed by atoms with E-state index in [1.165, 1.54) is 6.26 Å². The van der Waals surface area contributed by atoms with E-state index in [1.54, 1.807) is 16.7 Å². The van der Waals surface area contributed by atoms with Gasteiger partial charge in [-0.15, -0.1) is 0 Å². The maximum absolute atomic E-state index is 11.6. The van der Waals surface area contributed by atoms with Gasteiger partial charge in [-0.3, -0.25) is 0 Å². The van der Waals surface area contributed by atoms with Gasteiger partial charge in [0.15, 0.2) is 9.84 Å². The van der Waals surface area contributed by atoms with Gasteiger partial charge in [0.1, 0.15) is 5.52 Å². The van der Waals surface area contributed by atoms with Crippen LogP contribution in [-0.2, 0) is 16.4 Å². The number of nitrogens with two attached hydrogens (primary N) is 1. The number of nitrogen functional groups attached to an aromatic ring is 1. The van der Waals surface area contributed by atoms with Gasteiger partial charge in [-0.2, -0.15) is 0 Å². The van der Waals surface area contributed by atoms with E-state index in [4.69, 9.17) is 5.73 Å². The molecule has 0 aliphatic heterocycles. The van der Waals surface area contributed by atoms with Crippen LogP contribution in [0, 0.1) is 0 Å². The summed E-state index contributed by atoms with van der Waals surface area (Å²) in [4.78, 5) is 4.34. The number of fused-ring (bicyclic) bond motifs is 1. The number of para-hydroxylation sites is 1. The van der Waals surface area contributed by atoms with Gasteiger partial charge in [0.2, 0.25) is 5.95 Å². The average molecular weight is 239 g/mol. The number of hydrogen-bond donors (Lipinski definition) is 1. The summed E-state index contributed by atoms with van der Waals surface area (Å²) < 4.78 is 24.9. The molecule has 0 unspecified atom stereocenters. The van der Waals surface area contributed by atoms with Crippen LogP contribution in [0.3, 0.4) is 0 Å². The van der Waals surface area contributed by atoms with Gasteiger partial charge >= 0.3 is 0 Å². The largest absolute Gasteiger partial charge is 0.369 e. The molecular weight excluding hydrogens is 226 g/mol. The summed E-state index contributed by atoms with van der Waals surface area (Å²) in [6, 6.07) is 5.06. The fraction of sp³-hybridized carbons (Fsp3) is 0.300. The first kappa shape index (κ1) is 10.9. The lowest BCUT2D eigenvalue weighted by Crippen LogP contribution is -2.00. The third-order valence-corrected chi connectivity index (χ3v) is 3.62. The molecule has 86 valence electrons. The van der Waals surface area contributed by atoms with Crippen molar-refractivity contribution in [2.75, 3.05) is 12.0 Å². The first-order chi connectivity index (χ1) is 7.45. The van der Waals surface area contributed by atoms with Crippen LogP contribution in [0.5, 0.6) is 0 Å². The van der Waals surface area contributed by atoms with Crippen LogP contribution in [0.4, 0.5) is 5.95 Å². The van der Waals surface area contributed by atoms with E-state index in [2.05, 4.69) is 4.98 Å². The van der Waals surface area contributed by atoms with Crippen molar-refractivity contribution in [3.05, 3.63) is 18.2 Å². The van der Waals surface area contributed by atoms with E-state index in [0.29, 0.717) is 18.0 Å². The predicted molar refractivity (Wildman–Crippen MR) is 62.9 cm³/mol. The topological polar surface area (TPSA) is 78.0 Å². The molecular formula is C10H13N3O2S. The standard InChI is InChI=1S/C10H13N3O2S/c1-3-13-7-5-4-6-8(16(2,14)15)9(7)12-10(13)11/h4-6H,3H2,1-2H3,(H2,11,12). The Morgan fingerprint density at radius 2 is 2.12 bits per heavy atom. The first-order valence-corrected chi connectivity index (χ1v) is 6.79. The SMILES string of the molecule is CCn1c(N)nc2c(S(C)(=O)=O)cccc21. The van der Waals surface area contributed by atoms with Crippen molar-refractivity contribution in [3.63, 3.8) is 0 Å². The molecule has 16 heavy (non-hydrogen) atoms. The molecule has 0 saturated carbocycles. The highest BCUT2D eigenvalue weighted by molar-refractivity contribution is 7.91. The Hall–Kier alpha value is -1.56. The zero-order valence-electron chi connectivity index (χ0n) is 9.14. The average Bonchev–Trinajstić information content (AvgIpc) is 2.50. The summed E-state index contributed by atoms with van der Waals surface area (Å²) in [7, 11) is -3.27. The molecule has 0 aliphatic rings. The highest BCUT2D eigenvalue weighted by Gasteiger charge is 2.16. The van der Waals surface area contributed by atoms with Gasteiger partial charge in [0.05, 0.1) is 10.4 Å². The molecule has 0 atom stereocenters. The summed E-state index contributed by atoms with van der Waals surface area (Å²) in [5, 5.41) is 0. The molecule has 0 radical (unpaired) electrons. The van der Waals surface area contributed by atoms with Crippen molar-refractivity contribution < 1.29 is 8.42 Å². The molecule has 0 bridgehead atoms. The third kappa shape index (κ3) is 1.55. The second kappa shape index (κ2) is 3.48. The number of aromatic nitrogens is 2. The number of hydrogen-bond acceptors (Lipinski definition) is 4. The molecule has 1 heterocycles. The van der Waals surface area contributed by atoms with Crippen LogP contribution in [0.2, 0.25) is 0 Å². The fourth-order valence-corrected chi connectivity index (χ4v) is 2.60. The molecule has 2 rings (SSSR count). The molecule has 0 amide bonds. The molecule has 1 aromatic carbocycles. The summed E-state index contributed by atoms with van der Waals surface area (Å²) in [5.41, 5.74) is 6.93. The van der Waals surface area contributed by atoms with Crippen LogP contribution in [0.15, 0.2) is 23.1 Å². The smallest absolute Gasteiger partial charge is 0.201 e. The molecule has 2 aromatic rings. The molecule has 0 spiro atoms. The van der Waals surface area contributed by atoms with E-state index < -0.39 is 9.84 Å². The summed E-state index contributed by atoms with van der Waals surface area (Å²) in [6.45, 7) is 2.60. The van der Waals surface area contributed by atoms with Gasteiger partial charge in [-0.25, -0.2) is 13.4 Å². The maximum Gasteiger partial charge on any atom is 0.201 e. The summed E-state index contributed by atoms with van der Waals surface area (Å²) in [6.07, 6.45) is 1.17. The normalized spacial score (nSPS) is 12.1. The Morgan fingerprint density at radius 3 is 2.69 bits per heavy atom. The van der Waals surface area contributed by atoms with Gasteiger partial charge < -0.3 is 10.3 Å². The summed E-state index contributed by atoms with van der Waals surface area (Å²) >= 11 is 0. The fourth-order valence-electron chi connectivity index (χ4n) is 1.77. The number of rotatable bonds is 2. The van der Waals surface area contributed by atoms with Crippen LogP contribution in [0.1, 0.15) is 6.92 Å². The summed E-state index contributed by atoms with van der Waals surface area (Å²) in [5.74, 6) is 0.341. The van der Waals surface area contributed by atoms with E-state index in [9.17, 15) is 8.42 Å². The number of anilines is 1. The van der Waals surface area contributed by atoms with Crippen molar-refractivity contribution in [3.8, 4) is 0 Å². The Labute approximate surface area is 93.8 Å². The minimum atomic E-state index is -3.27. The zero-order valence-corrected chi connectivity index (χ0v) is 9.95. The molecule has 0 saturated heterocycles. The van der Waals surface area contributed by atoms with Gasteiger partial charge in [0.25, 0.3) is 0 Å². The quantitative estimate of drug-likeness (QED) is 0.849. The van der Waals surface area contributed by atoms with E-state index in [1.807, 2.05) is 13.0 Å². The lowest BCUT2D eigenvalue weighted by Gasteiger charge is -2.02. The van der Waals surface area contributed by atoms with E-state index in [-0.39, 0.29) is 4.90 Å². The maximum atomic E-state index is 11.6. The second-order valence-electron chi connectivity index (χ2n) is 3.61. The molecule has 6 heteroatoms. The van der Waals surface area contributed by atoms with Crippen molar-refractivity contribution in [2.45, 2.75) is 18.4 Å². The third-order valence-electron chi connectivity index (χ3n) is 2.49. The number of sulfone groups is 1. The van der Waals surface area contributed by atoms with Crippen molar-refractivity contribution >= 4 is 26.8 Å². The minimum Gasteiger partial charge on any atom is -0.369 e. The zero-order chi connectivity index (χ0) is 11.9. The van der Waals surface area contributed by atoms with Crippen molar-refractivity contribution in [1.82, 2.24) is 9.55 Å². The molecule has 2 N–H and O–H groups in total. The monoisotopic (exact) mass is 239 g/mol. The molecule has 0 fully saturated rings. The van der Waals surface area contributed by atoms with Crippen LogP contribution in [0.25, 0.3) is 11.0 Å². The lowest BCUT2D eigenvalue weighted by atomic mass is 10.3. The Morgan fingerprint density at radius 1 is 1.44 bits per heavy atom. The van der Waals surface area contributed by atoms with Crippen molar-refractivity contribution in [1.29, 1.82) is 0 Å². The molecule has 1 aromatic heterocycles. The predicted octanol–water partition coefficient (Wildman–Crippen LogP) is 1.04. The number of nitrogens with zero attached hydrogens (tertiary/aromatic N) is 2. The number of aryl methyl sites for hydroxylation is 1. The molecule has 5 nitrogen and oxygen atoms in total. The minimum absolute atomic E-state index is 0.226. The van der Waals surface area contributed by atoms with Crippen LogP contribution < -0.4 is 5.73 Å². The lowest BCUT2D eigenvalue weighted by molar-refractivity contribution is 0.602. The van der Waals surface area contributed by atoms with Crippen LogP contribution in [-0.4, -0.2) is 24.2 Å². The molecule has 0 aliphatic carbocycles. The first-order valence-electron chi connectivity index (χ1n) is 4.90. The Kier molecular flexibility index (Phi) is 2.38.